The molecule has 144 valence electrons. The van der Waals surface area contributed by atoms with Crippen LogP contribution in [0, 0.1) is 0 Å². The van der Waals surface area contributed by atoms with Crippen LogP contribution in [0.3, 0.4) is 0 Å². The lowest BCUT2D eigenvalue weighted by Gasteiger charge is -2.35. The number of amides is 1. The van der Waals surface area contributed by atoms with E-state index in [-0.39, 0.29) is 29.9 Å². The number of alkyl halides is 3. The number of halogens is 3. The number of pyridine rings is 1. The molecule has 4 rings (SSSR count). The molecule has 0 spiro atoms. The maximum absolute atomic E-state index is 12.6. The molecule has 0 N–H and O–H groups in total. The van der Waals surface area contributed by atoms with Gasteiger partial charge in [0.25, 0.3) is 5.91 Å². The predicted molar refractivity (Wildman–Crippen MR) is 90.0 cm³/mol. The van der Waals surface area contributed by atoms with Gasteiger partial charge in [0, 0.05) is 11.8 Å². The van der Waals surface area contributed by atoms with Crippen molar-refractivity contribution >= 4 is 11.7 Å². The number of benzene rings is 1. The molecule has 1 aliphatic rings. The van der Waals surface area contributed by atoms with Crippen molar-refractivity contribution in [1.82, 2.24) is 15.1 Å². The van der Waals surface area contributed by atoms with Gasteiger partial charge in [-0.05, 0) is 17.7 Å². The van der Waals surface area contributed by atoms with Crippen molar-refractivity contribution in [3.63, 3.8) is 0 Å². The minimum Gasteiger partial charge on any atom is -0.369 e. The Balaban J connectivity index is 1.63. The Labute approximate surface area is 156 Å². The van der Waals surface area contributed by atoms with Crippen LogP contribution >= 0.6 is 0 Å². The SMILES string of the molecule is O=C1COCC(c2ccccc2)N1c1ccc(-c2noc(C(F)(F)F)n2)cn1. The van der Waals surface area contributed by atoms with Crippen molar-refractivity contribution in [3.8, 4) is 11.4 Å². The third kappa shape index (κ3) is 3.46. The van der Waals surface area contributed by atoms with E-state index in [9.17, 15) is 18.0 Å². The second-order valence-electron chi connectivity index (χ2n) is 6.03. The maximum Gasteiger partial charge on any atom is 0.471 e. The monoisotopic (exact) mass is 390 g/mol. The second-order valence-corrected chi connectivity index (χ2v) is 6.03. The highest BCUT2D eigenvalue weighted by Crippen LogP contribution is 2.31. The molecule has 0 radical (unpaired) electrons. The number of carbonyl (C=O) groups is 1. The summed E-state index contributed by atoms with van der Waals surface area (Å²) >= 11 is 0. The molecule has 1 atom stereocenters. The first-order chi connectivity index (χ1) is 13.4. The van der Waals surface area contributed by atoms with Crippen LogP contribution in [-0.4, -0.2) is 34.2 Å². The number of aromatic nitrogens is 3. The van der Waals surface area contributed by atoms with E-state index in [1.807, 2.05) is 30.3 Å². The fraction of sp³-hybridized carbons (Fsp3) is 0.222. The smallest absolute Gasteiger partial charge is 0.369 e. The Bertz CT molecular complexity index is 974. The first-order valence-corrected chi connectivity index (χ1v) is 8.25. The topological polar surface area (TPSA) is 81.4 Å². The Morgan fingerprint density at radius 1 is 1.11 bits per heavy atom. The highest BCUT2D eigenvalue weighted by Gasteiger charge is 2.38. The molecule has 1 unspecified atom stereocenters. The predicted octanol–water partition coefficient (Wildman–Crippen LogP) is 3.25. The van der Waals surface area contributed by atoms with Crippen LogP contribution in [-0.2, 0) is 15.7 Å². The molecule has 1 aliphatic heterocycles. The van der Waals surface area contributed by atoms with E-state index in [4.69, 9.17) is 4.74 Å². The van der Waals surface area contributed by atoms with Crippen LogP contribution in [0.15, 0.2) is 53.2 Å². The van der Waals surface area contributed by atoms with Gasteiger partial charge in [0.15, 0.2) is 0 Å². The van der Waals surface area contributed by atoms with Crippen molar-refractivity contribution in [2.24, 2.45) is 0 Å². The lowest BCUT2D eigenvalue weighted by Crippen LogP contribution is -2.44. The number of carbonyl (C=O) groups excluding carboxylic acids is 1. The molecule has 10 heteroatoms. The van der Waals surface area contributed by atoms with E-state index in [1.165, 1.54) is 23.2 Å². The van der Waals surface area contributed by atoms with E-state index >= 15 is 0 Å². The summed E-state index contributed by atoms with van der Waals surface area (Å²) in [6, 6.07) is 12.0. The summed E-state index contributed by atoms with van der Waals surface area (Å²) in [6.45, 7) is 0.228. The van der Waals surface area contributed by atoms with Crippen LogP contribution in [0.1, 0.15) is 17.5 Å². The molecule has 3 aromatic rings. The zero-order valence-corrected chi connectivity index (χ0v) is 14.3. The van der Waals surface area contributed by atoms with Crippen LogP contribution < -0.4 is 4.90 Å². The molecule has 0 saturated carbocycles. The maximum atomic E-state index is 12.6. The van der Waals surface area contributed by atoms with Crippen molar-refractivity contribution < 1.29 is 27.2 Å². The van der Waals surface area contributed by atoms with Gasteiger partial charge in [-0.25, -0.2) is 4.98 Å². The molecule has 3 heterocycles. The fourth-order valence-electron chi connectivity index (χ4n) is 2.90. The van der Waals surface area contributed by atoms with E-state index in [2.05, 4.69) is 19.6 Å². The minimum atomic E-state index is -4.72. The molecular formula is C18H13F3N4O3. The second kappa shape index (κ2) is 7.04. The molecule has 1 aromatic carbocycles. The van der Waals surface area contributed by atoms with Crippen molar-refractivity contribution in [1.29, 1.82) is 0 Å². The average Bonchev–Trinajstić information content (AvgIpc) is 3.19. The highest BCUT2D eigenvalue weighted by molar-refractivity contribution is 5.95. The minimum absolute atomic E-state index is 0.0768. The molecule has 7 nitrogen and oxygen atoms in total. The van der Waals surface area contributed by atoms with Crippen LogP contribution in [0.25, 0.3) is 11.4 Å². The Morgan fingerprint density at radius 2 is 1.89 bits per heavy atom. The number of rotatable bonds is 3. The lowest BCUT2D eigenvalue weighted by atomic mass is 10.0. The molecule has 0 aliphatic carbocycles. The van der Waals surface area contributed by atoms with Gasteiger partial charge in [-0.1, -0.05) is 35.5 Å². The van der Waals surface area contributed by atoms with Gasteiger partial charge in [0.2, 0.25) is 5.82 Å². The first-order valence-electron chi connectivity index (χ1n) is 8.25. The number of morpholine rings is 1. The highest BCUT2D eigenvalue weighted by atomic mass is 19.4. The zero-order valence-electron chi connectivity index (χ0n) is 14.3. The summed E-state index contributed by atoms with van der Waals surface area (Å²) in [5.74, 6) is -1.58. The van der Waals surface area contributed by atoms with Crippen LogP contribution in [0.2, 0.25) is 0 Å². The van der Waals surface area contributed by atoms with Gasteiger partial charge in [-0.15, -0.1) is 0 Å². The molecule has 2 aromatic heterocycles. The summed E-state index contributed by atoms with van der Waals surface area (Å²) in [7, 11) is 0. The Hall–Kier alpha value is -3.27. The normalized spacial score (nSPS) is 17.8. The van der Waals surface area contributed by atoms with Crippen LogP contribution in [0.4, 0.5) is 19.0 Å². The number of ether oxygens (including phenoxy) is 1. The molecule has 0 bridgehead atoms. The van der Waals surface area contributed by atoms with E-state index in [0.29, 0.717) is 12.4 Å². The molecule has 1 fully saturated rings. The quantitative estimate of drug-likeness (QED) is 0.683. The molecule has 28 heavy (non-hydrogen) atoms. The van der Waals surface area contributed by atoms with Gasteiger partial charge >= 0.3 is 12.1 Å². The van der Waals surface area contributed by atoms with Gasteiger partial charge in [-0.3, -0.25) is 9.69 Å². The number of hydrogen-bond acceptors (Lipinski definition) is 6. The molecule has 1 amide bonds. The van der Waals surface area contributed by atoms with E-state index in [1.54, 1.807) is 0 Å². The van der Waals surface area contributed by atoms with Gasteiger partial charge in [0.1, 0.15) is 12.4 Å². The van der Waals surface area contributed by atoms with Crippen molar-refractivity contribution in [2.75, 3.05) is 18.1 Å². The summed E-state index contributed by atoms with van der Waals surface area (Å²) < 4.78 is 47.4. The number of hydrogen-bond donors (Lipinski definition) is 0. The van der Waals surface area contributed by atoms with E-state index < -0.39 is 12.1 Å². The molecular weight excluding hydrogens is 377 g/mol. The third-order valence-electron chi connectivity index (χ3n) is 4.19. The largest absolute Gasteiger partial charge is 0.471 e. The summed E-state index contributed by atoms with van der Waals surface area (Å²) in [4.78, 5) is 21.5. The summed E-state index contributed by atoms with van der Waals surface area (Å²) in [5.41, 5.74) is 1.12. The third-order valence-corrected chi connectivity index (χ3v) is 4.19. The van der Waals surface area contributed by atoms with Gasteiger partial charge in [-0.2, -0.15) is 18.2 Å². The van der Waals surface area contributed by atoms with Crippen LogP contribution in [0.5, 0.6) is 0 Å². The Kier molecular flexibility index (Phi) is 4.55. The van der Waals surface area contributed by atoms with E-state index in [0.717, 1.165) is 5.56 Å². The van der Waals surface area contributed by atoms with Crippen molar-refractivity contribution in [2.45, 2.75) is 12.2 Å². The van der Waals surface area contributed by atoms with Gasteiger partial charge in [0.05, 0.1) is 12.6 Å². The summed E-state index contributed by atoms with van der Waals surface area (Å²) in [5, 5.41) is 3.33. The summed E-state index contributed by atoms with van der Waals surface area (Å²) in [6.07, 6.45) is -3.42. The average molecular weight is 390 g/mol. The first kappa shape index (κ1) is 18.1. The number of anilines is 1. The molecule has 1 saturated heterocycles. The van der Waals surface area contributed by atoms with Crippen molar-refractivity contribution in [3.05, 3.63) is 60.1 Å². The Morgan fingerprint density at radius 3 is 2.54 bits per heavy atom. The fourth-order valence-corrected chi connectivity index (χ4v) is 2.90. The number of nitrogens with zero attached hydrogens (tertiary/aromatic N) is 4. The van der Waals surface area contributed by atoms with Gasteiger partial charge < -0.3 is 9.26 Å². The lowest BCUT2D eigenvalue weighted by molar-refractivity contribution is -0.159. The standard InChI is InChI=1S/C18H13F3N4O3/c19-18(20,21)17-23-16(24-28-17)12-6-7-14(22-8-12)25-13(9-27-10-15(25)26)11-4-2-1-3-5-11/h1-8,13H,9-10H2. The zero-order chi connectivity index (χ0) is 19.7.